The molecule has 182 valence electrons. The monoisotopic (exact) mass is 480 g/mol. The summed E-state index contributed by atoms with van der Waals surface area (Å²) in [5.41, 5.74) is 3.31. The van der Waals surface area contributed by atoms with Crippen LogP contribution in [0, 0.1) is 25.2 Å². The summed E-state index contributed by atoms with van der Waals surface area (Å²) in [6.07, 6.45) is 2.03. The Labute approximate surface area is 209 Å². The van der Waals surface area contributed by atoms with Gasteiger partial charge in [-0.1, -0.05) is 36.4 Å². The van der Waals surface area contributed by atoms with Crippen molar-refractivity contribution < 1.29 is 19.7 Å². The molecule has 0 aliphatic carbocycles. The molecule has 6 heteroatoms. The van der Waals surface area contributed by atoms with Crippen molar-refractivity contribution in [2.24, 2.45) is 0 Å². The van der Waals surface area contributed by atoms with E-state index in [1.807, 2.05) is 50.2 Å². The molecular formula is C30H28N2O4. The zero-order valence-electron chi connectivity index (χ0n) is 20.6. The maximum absolute atomic E-state index is 11.6. The maximum Gasteiger partial charge on any atom is 0.205 e. The fourth-order valence-corrected chi connectivity index (χ4v) is 6.12. The first-order chi connectivity index (χ1) is 17.3. The number of nitriles is 1. The van der Waals surface area contributed by atoms with Crippen LogP contribution in [0.1, 0.15) is 54.0 Å². The van der Waals surface area contributed by atoms with Crippen molar-refractivity contribution in [3.05, 3.63) is 82.4 Å². The Hall–Kier alpha value is -3.95. The summed E-state index contributed by atoms with van der Waals surface area (Å²) in [6, 6.07) is 19.3. The maximum atomic E-state index is 11.6. The molecule has 1 saturated heterocycles. The van der Waals surface area contributed by atoms with Crippen LogP contribution in [0.25, 0.3) is 16.5 Å². The first kappa shape index (κ1) is 22.5. The Morgan fingerprint density at radius 2 is 1.72 bits per heavy atom. The largest absolute Gasteiger partial charge is 0.494 e. The van der Waals surface area contributed by atoms with Crippen LogP contribution < -0.4 is 4.74 Å². The number of nitrogens with zero attached hydrogens (tertiary/aromatic N) is 2. The second-order valence-corrected chi connectivity index (χ2v) is 10.1. The van der Waals surface area contributed by atoms with E-state index in [1.54, 1.807) is 12.1 Å². The number of hydrogen-bond donors (Lipinski definition) is 2. The van der Waals surface area contributed by atoms with Gasteiger partial charge in [0.15, 0.2) is 0 Å². The van der Waals surface area contributed by atoms with E-state index < -0.39 is 11.2 Å². The summed E-state index contributed by atoms with van der Waals surface area (Å²) < 4.78 is 14.2. The molecule has 0 spiro atoms. The van der Waals surface area contributed by atoms with Crippen LogP contribution in [-0.4, -0.2) is 21.4 Å². The van der Waals surface area contributed by atoms with Crippen molar-refractivity contribution in [3.8, 4) is 29.3 Å². The highest BCUT2D eigenvalue weighted by Gasteiger charge is 2.61. The highest BCUT2D eigenvalue weighted by atomic mass is 16.5. The molecule has 6 rings (SSSR count). The van der Waals surface area contributed by atoms with E-state index in [0.29, 0.717) is 35.4 Å². The lowest BCUT2D eigenvalue weighted by Crippen LogP contribution is -2.25. The number of rotatable bonds is 5. The molecule has 3 heterocycles. The number of aryl methyl sites for hydroxylation is 1. The molecular weight excluding hydrogens is 452 g/mol. The van der Waals surface area contributed by atoms with E-state index in [-0.39, 0.29) is 11.8 Å². The van der Waals surface area contributed by atoms with Gasteiger partial charge >= 0.3 is 0 Å². The van der Waals surface area contributed by atoms with Crippen molar-refractivity contribution in [1.29, 1.82) is 5.26 Å². The molecule has 2 aliphatic rings. The van der Waals surface area contributed by atoms with E-state index in [9.17, 15) is 15.5 Å². The molecule has 1 fully saturated rings. The molecule has 0 radical (unpaired) electrons. The Morgan fingerprint density at radius 1 is 0.972 bits per heavy atom. The van der Waals surface area contributed by atoms with E-state index in [2.05, 4.69) is 19.1 Å². The lowest BCUT2D eigenvalue weighted by molar-refractivity contribution is -0.0876. The zero-order valence-corrected chi connectivity index (χ0v) is 20.6. The smallest absolute Gasteiger partial charge is 0.205 e. The van der Waals surface area contributed by atoms with E-state index >= 15 is 0 Å². The molecule has 2 N–H and O–H groups in total. The van der Waals surface area contributed by atoms with Gasteiger partial charge < -0.3 is 19.7 Å². The number of fused-ring (bicyclic) bond motifs is 6. The second-order valence-electron chi connectivity index (χ2n) is 10.1. The topological polar surface area (TPSA) is 87.6 Å². The van der Waals surface area contributed by atoms with Gasteiger partial charge in [0, 0.05) is 17.2 Å². The minimum Gasteiger partial charge on any atom is -0.494 e. The Bertz CT molecular complexity index is 1580. The highest BCUT2D eigenvalue weighted by molar-refractivity contribution is 5.95. The summed E-state index contributed by atoms with van der Waals surface area (Å²) in [4.78, 5) is 0. The van der Waals surface area contributed by atoms with Gasteiger partial charge in [0.1, 0.15) is 11.4 Å². The molecule has 2 bridgehead atoms. The second kappa shape index (κ2) is 7.78. The van der Waals surface area contributed by atoms with Gasteiger partial charge in [-0.3, -0.25) is 4.57 Å². The van der Waals surface area contributed by atoms with Crippen molar-refractivity contribution in [3.63, 3.8) is 0 Å². The number of hydrogen-bond acceptors (Lipinski definition) is 5. The van der Waals surface area contributed by atoms with E-state index in [0.717, 1.165) is 34.9 Å². The van der Waals surface area contributed by atoms with Crippen molar-refractivity contribution >= 4 is 10.8 Å². The molecule has 0 saturated carbocycles. The van der Waals surface area contributed by atoms with Gasteiger partial charge in [0.05, 0.1) is 40.7 Å². The summed E-state index contributed by atoms with van der Waals surface area (Å²) in [7, 11) is 0. The van der Waals surface area contributed by atoms with Gasteiger partial charge in [0.2, 0.25) is 11.8 Å². The minimum absolute atomic E-state index is 0.0168. The van der Waals surface area contributed by atoms with Crippen LogP contribution in [0.15, 0.2) is 54.6 Å². The molecule has 3 aromatic carbocycles. The standard InChI is InChI=1S/C30H28N2O4/c1-18-7-6-10-24(19(18)2)35-16-15-30-14-13-29(3,36-30)25-26(30)28(34)32(27(25)33)23-12-11-20(17-31)21-8-4-5-9-22(21)23/h4-12,33-34H,13-16H2,1-3H3/t29-,30-/m0/s1. The number of aromatic nitrogens is 1. The van der Waals surface area contributed by atoms with Gasteiger partial charge in [0.25, 0.3) is 0 Å². The summed E-state index contributed by atoms with van der Waals surface area (Å²) in [6.45, 7) is 6.51. The van der Waals surface area contributed by atoms with Crippen LogP contribution in [0.5, 0.6) is 17.5 Å². The predicted molar refractivity (Wildman–Crippen MR) is 137 cm³/mol. The van der Waals surface area contributed by atoms with Crippen LogP contribution in [0.3, 0.4) is 0 Å². The summed E-state index contributed by atoms with van der Waals surface area (Å²) in [5.74, 6) is 0.809. The third-order valence-corrected chi connectivity index (χ3v) is 8.11. The van der Waals surface area contributed by atoms with Crippen molar-refractivity contribution in [1.82, 2.24) is 4.57 Å². The fourth-order valence-electron chi connectivity index (χ4n) is 6.12. The summed E-state index contributed by atoms with van der Waals surface area (Å²) >= 11 is 0. The van der Waals surface area contributed by atoms with Crippen LogP contribution in [-0.2, 0) is 15.9 Å². The number of ether oxygens (including phenoxy) is 2. The van der Waals surface area contributed by atoms with Gasteiger partial charge in [-0.2, -0.15) is 5.26 Å². The van der Waals surface area contributed by atoms with Gasteiger partial charge in [-0.15, -0.1) is 0 Å². The zero-order chi connectivity index (χ0) is 25.2. The predicted octanol–water partition coefficient (Wildman–Crippen LogP) is 6.23. The van der Waals surface area contributed by atoms with Gasteiger partial charge in [-0.05, 0) is 62.9 Å². The molecule has 2 aliphatic heterocycles. The minimum atomic E-state index is -0.739. The normalized spacial score (nSPS) is 22.1. The van der Waals surface area contributed by atoms with Crippen molar-refractivity contribution in [2.45, 2.75) is 51.2 Å². The first-order valence-corrected chi connectivity index (χ1v) is 12.3. The molecule has 1 aromatic heterocycles. The van der Waals surface area contributed by atoms with Crippen LogP contribution in [0.2, 0.25) is 0 Å². The Kier molecular flexibility index (Phi) is 4.86. The Balaban J connectivity index is 1.43. The lowest BCUT2D eigenvalue weighted by Gasteiger charge is -2.26. The highest BCUT2D eigenvalue weighted by Crippen LogP contribution is 2.65. The molecule has 0 unspecified atom stereocenters. The SMILES string of the molecule is Cc1cccc(OCC[C@]23CC[C@](C)(O2)c2c3c(O)n(-c3ccc(C#N)c4ccccc34)c2O)c1C. The molecule has 0 amide bonds. The van der Waals surface area contributed by atoms with E-state index in [4.69, 9.17) is 9.47 Å². The first-order valence-electron chi connectivity index (χ1n) is 12.3. The van der Waals surface area contributed by atoms with Gasteiger partial charge in [-0.25, -0.2) is 0 Å². The third kappa shape index (κ3) is 2.99. The van der Waals surface area contributed by atoms with Crippen LogP contribution in [0.4, 0.5) is 0 Å². The molecule has 4 aromatic rings. The average Bonchev–Trinajstić information content (AvgIpc) is 3.45. The quantitative estimate of drug-likeness (QED) is 0.353. The molecule has 36 heavy (non-hydrogen) atoms. The number of aromatic hydroxyl groups is 2. The Morgan fingerprint density at radius 3 is 2.50 bits per heavy atom. The van der Waals surface area contributed by atoms with Crippen LogP contribution >= 0.6 is 0 Å². The average molecular weight is 481 g/mol. The lowest BCUT2D eigenvalue weighted by atomic mass is 9.78. The summed E-state index contributed by atoms with van der Waals surface area (Å²) in [5, 5.41) is 34.2. The number of benzene rings is 3. The molecule has 6 nitrogen and oxygen atoms in total. The third-order valence-electron chi connectivity index (χ3n) is 8.11. The fraction of sp³-hybridized carbons (Fsp3) is 0.300. The van der Waals surface area contributed by atoms with E-state index in [1.165, 1.54) is 10.1 Å². The van der Waals surface area contributed by atoms with Crippen molar-refractivity contribution in [2.75, 3.05) is 6.61 Å². The molecule has 2 atom stereocenters.